The van der Waals surface area contributed by atoms with Crippen molar-refractivity contribution < 1.29 is 9.66 Å². The zero-order chi connectivity index (χ0) is 14.7. The van der Waals surface area contributed by atoms with E-state index in [1.54, 1.807) is 18.3 Å². The van der Waals surface area contributed by atoms with Crippen LogP contribution >= 0.6 is 0 Å². The Morgan fingerprint density at radius 1 is 1.45 bits per heavy atom. The van der Waals surface area contributed by atoms with E-state index >= 15 is 0 Å². The van der Waals surface area contributed by atoms with Crippen molar-refractivity contribution in [2.75, 3.05) is 7.11 Å². The Kier molecular flexibility index (Phi) is 4.02. The van der Waals surface area contributed by atoms with E-state index in [1.165, 1.54) is 7.11 Å². The molecule has 2 rings (SSSR count). The van der Waals surface area contributed by atoms with Gasteiger partial charge in [-0.3, -0.25) is 10.1 Å². The topological polar surface area (TPSA) is 70.2 Å². The molecule has 0 bridgehead atoms. The fourth-order valence-electron chi connectivity index (χ4n) is 2.13. The van der Waals surface area contributed by atoms with E-state index in [0.29, 0.717) is 12.5 Å². The first-order valence-corrected chi connectivity index (χ1v) is 6.35. The van der Waals surface area contributed by atoms with Gasteiger partial charge < -0.3 is 9.30 Å². The molecule has 0 unspecified atom stereocenters. The molecule has 0 spiro atoms. The third-order valence-corrected chi connectivity index (χ3v) is 3.06. The molecule has 0 fully saturated rings. The Hall–Kier alpha value is -2.37. The first-order valence-electron chi connectivity index (χ1n) is 6.35. The number of methoxy groups -OCH3 is 1. The lowest BCUT2D eigenvalue weighted by atomic mass is 10.1. The van der Waals surface area contributed by atoms with Crippen LogP contribution in [-0.4, -0.2) is 21.6 Å². The van der Waals surface area contributed by atoms with Gasteiger partial charge in [-0.25, -0.2) is 4.98 Å². The second-order valence-electron chi connectivity index (χ2n) is 4.83. The van der Waals surface area contributed by atoms with Crippen molar-refractivity contribution in [3.63, 3.8) is 0 Å². The zero-order valence-electron chi connectivity index (χ0n) is 11.7. The number of aromatic nitrogens is 2. The summed E-state index contributed by atoms with van der Waals surface area (Å²) in [6.45, 7) is 4.68. The predicted molar refractivity (Wildman–Crippen MR) is 75.1 cm³/mol. The molecule has 0 aliphatic heterocycles. The Bertz CT molecular complexity index is 620. The average molecular weight is 275 g/mol. The lowest BCUT2D eigenvalue weighted by molar-refractivity contribution is -0.385. The number of nitrogens with zero attached hydrogens (tertiary/aromatic N) is 3. The minimum absolute atomic E-state index is 0.0174. The zero-order valence-corrected chi connectivity index (χ0v) is 11.7. The summed E-state index contributed by atoms with van der Waals surface area (Å²) in [5.74, 6) is 1.54. The highest BCUT2D eigenvalue weighted by Gasteiger charge is 2.16. The largest absolute Gasteiger partial charge is 0.490 e. The first-order chi connectivity index (χ1) is 9.52. The fraction of sp³-hybridized carbons (Fsp3) is 0.357. The van der Waals surface area contributed by atoms with Crippen molar-refractivity contribution in [2.45, 2.75) is 26.3 Å². The van der Waals surface area contributed by atoms with E-state index in [2.05, 4.69) is 18.8 Å². The van der Waals surface area contributed by atoms with Crippen molar-refractivity contribution in [1.29, 1.82) is 0 Å². The van der Waals surface area contributed by atoms with Gasteiger partial charge in [-0.2, -0.15) is 0 Å². The van der Waals surface area contributed by atoms with Crippen LogP contribution < -0.4 is 4.74 Å². The van der Waals surface area contributed by atoms with Gasteiger partial charge in [-0.05, 0) is 11.6 Å². The van der Waals surface area contributed by atoms with Gasteiger partial charge in [0.15, 0.2) is 5.75 Å². The lowest BCUT2D eigenvalue weighted by Gasteiger charge is -2.11. The SMILES string of the molecule is COc1ccc(Cn2ccnc2C(C)C)cc1[N+](=O)[O-]. The number of ether oxygens (including phenoxy) is 1. The van der Waals surface area contributed by atoms with Gasteiger partial charge >= 0.3 is 5.69 Å². The maximum atomic E-state index is 11.0. The highest BCUT2D eigenvalue weighted by Crippen LogP contribution is 2.28. The summed E-state index contributed by atoms with van der Waals surface area (Å²) in [6.07, 6.45) is 3.62. The average Bonchev–Trinajstić information content (AvgIpc) is 2.87. The van der Waals surface area contributed by atoms with Crippen LogP contribution in [0.5, 0.6) is 5.75 Å². The highest BCUT2D eigenvalue weighted by atomic mass is 16.6. The summed E-state index contributed by atoms with van der Waals surface area (Å²) in [6, 6.07) is 5.00. The van der Waals surface area contributed by atoms with Crippen LogP contribution in [0.25, 0.3) is 0 Å². The van der Waals surface area contributed by atoms with Crippen molar-refractivity contribution in [1.82, 2.24) is 9.55 Å². The van der Waals surface area contributed by atoms with Gasteiger partial charge in [0.25, 0.3) is 0 Å². The Balaban J connectivity index is 2.32. The summed E-state index contributed by atoms with van der Waals surface area (Å²) in [4.78, 5) is 14.9. The lowest BCUT2D eigenvalue weighted by Crippen LogP contribution is -2.06. The standard InChI is InChI=1S/C14H17N3O3/c1-10(2)14-15-6-7-16(14)9-11-4-5-13(20-3)12(8-11)17(18)19/h4-8,10H,9H2,1-3H3. The molecule has 0 radical (unpaired) electrons. The summed E-state index contributed by atoms with van der Waals surface area (Å²) in [7, 11) is 1.43. The monoisotopic (exact) mass is 275 g/mol. The molecule has 0 atom stereocenters. The molecule has 1 aromatic heterocycles. The van der Waals surface area contributed by atoms with E-state index in [0.717, 1.165) is 11.4 Å². The van der Waals surface area contributed by atoms with Crippen molar-refractivity contribution >= 4 is 5.69 Å². The second kappa shape index (κ2) is 5.73. The molecule has 0 aliphatic rings. The van der Waals surface area contributed by atoms with Crippen LogP contribution in [-0.2, 0) is 6.54 Å². The van der Waals surface area contributed by atoms with Crippen LogP contribution in [0.3, 0.4) is 0 Å². The quantitative estimate of drug-likeness (QED) is 0.621. The van der Waals surface area contributed by atoms with Gasteiger partial charge in [0.1, 0.15) is 5.82 Å². The minimum Gasteiger partial charge on any atom is -0.490 e. The molecule has 6 nitrogen and oxygen atoms in total. The Morgan fingerprint density at radius 2 is 2.20 bits per heavy atom. The molecule has 0 saturated carbocycles. The van der Waals surface area contributed by atoms with Gasteiger partial charge in [0.2, 0.25) is 0 Å². The molecule has 1 heterocycles. The molecule has 0 amide bonds. The molecular weight excluding hydrogens is 258 g/mol. The highest BCUT2D eigenvalue weighted by molar-refractivity contribution is 5.48. The van der Waals surface area contributed by atoms with E-state index in [-0.39, 0.29) is 11.4 Å². The first kappa shape index (κ1) is 14.0. The summed E-state index contributed by atoms with van der Waals surface area (Å²) in [5.41, 5.74) is 0.827. The second-order valence-corrected chi connectivity index (χ2v) is 4.83. The van der Waals surface area contributed by atoms with Crippen molar-refractivity contribution in [2.24, 2.45) is 0 Å². The molecule has 0 N–H and O–H groups in total. The van der Waals surface area contributed by atoms with Gasteiger partial charge in [0, 0.05) is 30.9 Å². The number of rotatable bonds is 5. The maximum absolute atomic E-state index is 11.0. The Morgan fingerprint density at radius 3 is 2.80 bits per heavy atom. The fourth-order valence-corrected chi connectivity index (χ4v) is 2.13. The maximum Gasteiger partial charge on any atom is 0.311 e. The third kappa shape index (κ3) is 2.79. The molecule has 1 aromatic carbocycles. The third-order valence-electron chi connectivity index (χ3n) is 3.06. The molecule has 0 saturated heterocycles. The number of nitro groups is 1. The number of hydrogen-bond acceptors (Lipinski definition) is 4. The number of hydrogen-bond donors (Lipinski definition) is 0. The smallest absolute Gasteiger partial charge is 0.311 e. The van der Waals surface area contributed by atoms with Gasteiger partial charge in [0.05, 0.1) is 12.0 Å². The van der Waals surface area contributed by atoms with Gasteiger partial charge in [-0.1, -0.05) is 19.9 Å². The van der Waals surface area contributed by atoms with Crippen LogP contribution in [0.1, 0.15) is 31.2 Å². The number of benzene rings is 1. The number of nitro benzene ring substituents is 1. The summed E-state index contributed by atoms with van der Waals surface area (Å²) < 4.78 is 6.99. The molecule has 6 heteroatoms. The van der Waals surface area contributed by atoms with E-state index in [4.69, 9.17) is 4.74 Å². The Labute approximate surface area is 117 Å². The molecule has 106 valence electrons. The van der Waals surface area contributed by atoms with E-state index in [9.17, 15) is 10.1 Å². The summed E-state index contributed by atoms with van der Waals surface area (Å²) >= 11 is 0. The van der Waals surface area contributed by atoms with Crippen LogP contribution in [0.15, 0.2) is 30.6 Å². The number of imidazole rings is 1. The normalized spacial score (nSPS) is 10.8. The minimum atomic E-state index is -0.431. The van der Waals surface area contributed by atoms with Gasteiger partial charge in [-0.15, -0.1) is 0 Å². The van der Waals surface area contributed by atoms with E-state index in [1.807, 2.05) is 16.8 Å². The van der Waals surface area contributed by atoms with Crippen LogP contribution in [0.2, 0.25) is 0 Å². The predicted octanol–water partition coefficient (Wildman–Crippen LogP) is 2.97. The molecule has 0 aliphatic carbocycles. The molecule has 2 aromatic rings. The van der Waals surface area contributed by atoms with Crippen molar-refractivity contribution in [3.05, 3.63) is 52.1 Å². The molecular formula is C14H17N3O3. The van der Waals surface area contributed by atoms with E-state index < -0.39 is 4.92 Å². The summed E-state index contributed by atoms with van der Waals surface area (Å²) in [5, 5.41) is 11.0. The van der Waals surface area contributed by atoms with Crippen molar-refractivity contribution in [3.8, 4) is 5.75 Å². The van der Waals surface area contributed by atoms with Crippen LogP contribution in [0, 0.1) is 10.1 Å². The molecule has 20 heavy (non-hydrogen) atoms. The van der Waals surface area contributed by atoms with Crippen LogP contribution in [0.4, 0.5) is 5.69 Å².